The average Bonchev–Trinajstić information content (AvgIpc) is 4.00. The van der Waals surface area contributed by atoms with E-state index in [0.717, 1.165) is 99.8 Å². The Balaban J connectivity index is 0.885. The van der Waals surface area contributed by atoms with Crippen molar-refractivity contribution in [3.63, 3.8) is 0 Å². The first-order valence-corrected chi connectivity index (χ1v) is 25.4. The molecule has 0 radical (unpaired) electrons. The number of hydrogen-bond donors (Lipinski definition) is 3. The van der Waals surface area contributed by atoms with Gasteiger partial charge in [0, 0.05) is 80.5 Å². The molecule has 0 bridgehead atoms. The third-order valence-corrected chi connectivity index (χ3v) is 15.9. The molecular weight excluding hydrogens is 908 g/mol. The van der Waals surface area contributed by atoms with E-state index in [1.165, 1.54) is 28.8 Å². The summed E-state index contributed by atoms with van der Waals surface area (Å²) in [6.07, 6.45) is 8.14. The van der Waals surface area contributed by atoms with Crippen LogP contribution in [0.5, 0.6) is 5.88 Å². The van der Waals surface area contributed by atoms with Crippen molar-refractivity contribution in [2.45, 2.75) is 69.5 Å². The molecule has 5 heterocycles. The van der Waals surface area contributed by atoms with Gasteiger partial charge in [-0.25, -0.2) is 13.1 Å². The molecule has 18 heteroatoms. The number of pyridine rings is 1. The Labute approximate surface area is 401 Å². The number of carbonyl (C=O) groups excluding carboxylic acids is 1. The van der Waals surface area contributed by atoms with E-state index in [-0.39, 0.29) is 29.2 Å². The molecule has 68 heavy (non-hydrogen) atoms. The monoisotopic (exact) mass is 964 g/mol. The van der Waals surface area contributed by atoms with E-state index in [1.54, 1.807) is 12.3 Å². The van der Waals surface area contributed by atoms with E-state index in [0.29, 0.717) is 49.2 Å². The lowest BCUT2D eigenvalue weighted by molar-refractivity contribution is -0.384. The largest absolute Gasteiger partial charge is 0.474 e. The molecule has 5 aromatic rings. The Morgan fingerprint density at radius 2 is 1.69 bits per heavy atom. The Morgan fingerprint density at radius 3 is 2.44 bits per heavy atom. The van der Waals surface area contributed by atoms with E-state index < -0.39 is 37.2 Å². The molecule has 0 atom stereocenters. The van der Waals surface area contributed by atoms with Crippen LogP contribution < -0.4 is 24.6 Å². The first kappa shape index (κ1) is 46.0. The van der Waals surface area contributed by atoms with Crippen molar-refractivity contribution in [2.24, 2.45) is 11.3 Å². The van der Waals surface area contributed by atoms with Gasteiger partial charge in [-0.3, -0.25) is 19.8 Å². The molecule has 358 valence electrons. The highest BCUT2D eigenvalue weighted by Crippen LogP contribution is 2.45. The van der Waals surface area contributed by atoms with E-state index in [4.69, 9.17) is 30.8 Å². The number of rotatable bonds is 12. The van der Waals surface area contributed by atoms with Gasteiger partial charge in [0.1, 0.15) is 23.6 Å². The van der Waals surface area contributed by atoms with Crippen molar-refractivity contribution in [3.05, 3.63) is 111 Å². The van der Waals surface area contributed by atoms with Crippen LogP contribution in [0.25, 0.3) is 16.6 Å². The van der Waals surface area contributed by atoms with E-state index in [2.05, 4.69) is 50.8 Å². The maximum absolute atomic E-state index is 14.4. The molecule has 5 aliphatic rings. The van der Waals surface area contributed by atoms with E-state index >= 15 is 0 Å². The van der Waals surface area contributed by atoms with Gasteiger partial charge in [0.15, 0.2) is 5.79 Å². The number of H-pyrrole nitrogens is 1. The van der Waals surface area contributed by atoms with Gasteiger partial charge in [0.25, 0.3) is 21.6 Å². The van der Waals surface area contributed by atoms with Gasteiger partial charge < -0.3 is 34.3 Å². The van der Waals surface area contributed by atoms with Crippen molar-refractivity contribution in [3.8, 4) is 5.88 Å². The van der Waals surface area contributed by atoms with Gasteiger partial charge in [0.05, 0.1) is 40.8 Å². The topological polar surface area (TPSA) is 185 Å². The molecular formula is C50H57ClN8O8S. The summed E-state index contributed by atoms with van der Waals surface area (Å²) in [5.41, 5.74) is 6.89. The number of ether oxygens (including phenoxy) is 3. The number of sulfonamides is 1. The predicted molar refractivity (Wildman–Crippen MR) is 263 cm³/mol. The number of aromatic nitrogens is 2. The first-order valence-electron chi connectivity index (χ1n) is 23.6. The van der Waals surface area contributed by atoms with Crippen LogP contribution in [0.2, 0.25) is 5.02 Å². The fourth-order valence-electron chi connectivity index (χ4n) is 10.5. The third-order valence-electron chi connectivity index (χ3n) is 14.3. The van der Waals surface area contributed by atoms with Gasteiger partial charge in [-0.05, 0) is 109 Å². The van der Waals surface area contributed by atoms with E-state index in [9.17, 15) is 23.3 Å². The van der Waals surface area contributed by atoms with Gasteiger partial charge >= 0.3 is 0 Å². The highest BCUT2D eigenvalue weighted by Gasteiger charge is 2.40. The molecule has 2 aromatic heterocycles. The van der Waals surface area contributed by atoms with Crippen molar-refractivity contribution < 1.29 is 32.3 Å². The molecule has 3 aliphatic heterocycles. The predicted octanol–water partition coefficient (Wildman–Crippen LogP) is 8.90. The number of piperazine rings is 1. The fourth-order valence-corrected chi connectivity index (χ4v) is 11.6. The number of hydrogen-bond acceptors (Lipinski definition) is 13. The minimum absolute atomic E-state index is 0.107. The molecule has 3 N–H and O–H groups in total. The standard InChI is InChI=1S/C50H57ClN8O8S/c1-49(2)15-13-36(41(30-49)34-3-5-37(51)6-4-34)32-56-19-21-57(22-20-56)38-7-9-40(43(28-38)58-23-24-65-48-45(58)27-35-14-18-52-46(35)54-48)47(60)55-68(63,64)39-8-10-42(44(29-39)59(61)62)53-31-33-11-16-50(17-12-33)66-25-26-67-50/h3-10,14,18,27-29,33,53H,11-13,15-17,19-26,30-32H2,1-2H3,(H,52,54)(H,55,60). The summed E-state index contributed by atoms with van der Waals surface area (Å²) >= 11 is 6.27. The lowest BCUT2D eigenvalue weighted by Crippen LogP contribution is -2.47. The number of nitro groups is 1. The molecule has 10 rings (SSSR count). The van der Waals surface area contributed by atoms with Crippen molar-refractivity contribution in [2.75, 3.05) is 80.8 Å². The highest BCUT2D eigenvalue weighted by molar-refractivity contribution is 7.90. The molecule has 1 amide bonds. The number of carbonyl (C=O) groups is 1. The number of nitro benzene ring substituents is 1. The van der Waals surface area contributed by atoms with Crippen LogP contribution in [0, 0.1) is 21.4 Å². The number of nitrogens with zero attached hydrogens (tertiary/aromatic N) is 5. The molecule has 1 saturated carbocycles. The summed E-state index contributed by atoms with van der Waals surface area (Å²) in [7, 11) is -4.58. The van der Waals surface area contributed by atoms with Gasteiger partial charge in [-0.1, -0.05) is 43.2 Å². The zero-order valence-electron chi connectivity index (χ0n) is 38.4. The van der Waals surface area contributed by atoms with Gasteiger partial charge in [-0.2, -0.15) is 4.98 Å². The Morgan fingerprint density at radius 1 is 0.926 bits per heavy atom. The Bertz CT molecular complexity index is 2860. The smallest absolute Gasteiger partial charge is 0.293 e. The minimum Gasteiger partial charge on any atom is -0.474 e. The van der Waals surface area contributed by atoms with Gasteiger partial charge in [0.2, 0.25) is 5.88 Å². The van der Waals surface area contributed by atoms with Crippen LogP contribution in [0.3, 0.4) is 0 Å². The Kier molecular flexibility index (Phi) is 12.6. The molecule has 16 nitrogen and oxygen atoms in total. The third kappa shape index (κ3) is 9.63. The quantitative estimate of drug-likeness (QED) is 0.0797. The van der Waals surface area contributed by atoms with Crippen molar-refractivity contribution >= 4 is 72.6 Å². The summed E-state index contributed by atoms with van der Waals surface area (Å²) in [6.45, 7) is 11.0. The van der Waals surface area contributed by atoms with Crippen LogP contribution in [-0.2, 0) is 19.5 Å². The maximum Gasteiger partial charge on any atom is 0.293 e. The van der Waals surface area contributed by atoms with Crippen molar-refractivity contribution in [1.29, 1.82) is 0 Å². The summed E-state index contributed by atoms with van der Waals surface area (Å²) < 4.78 is 47.9. The second-order valence-corrected chi connectivity index (χ2v) is 21.5. The van der Waals surface area contributed by atoms with Crippen LogP contribution >= 0.6 is 11.6 Å². The Hall–Kier alpha value is -5.72. The number of halogens is 1. The number of amides is 1. The zero-order valence-corrected chi connectivity index (χ0v) is 40.0. The zero-order chi connectivity index (χ0) is 47.2. The summed E-state index contributed by atoms with van der Waals surface area (Å²) in [6, 6.07) is 21.1. The second-order valence-electron chi connectivity index (χ2n) is 19.4. The highest BCUT2D eigenvalue weighted by atomic mass is 35.5. The first-order chi connectivity index (χ1) is 32.7. The average molecular weight is 966 g/mol. The summed E-state index contributed by atoms with van der Waals surface area (Å²) in [4.78, 5) is 40.3. The lowest BCUT2D eigenvalue weighted by atomic mass is 9.72. The number of fused-ring (bicyclic) bond motifs is 2. The molecule has 2 saturated heterocycles. The fraction of sp³-hybridized carbons (Fsp3) is 0.440. The maximum atomic E-state index is 14.4. The molecule has 2 aliphatic carbocycles. The number of allylic oxidation sites excluding steroid dienone is 1. The summed E-state index contributed by atoms with van der Waals surface area (Å²) in [5.74, 6) is -0.781. The van der Waals surface area contributed by atoms with Crippen LogP contribution in [0.15, 0.2) is 89.5 Å². The molecule has 3 fully saturated rings. The van der Waals surface area contributed by atoms with Crippen LogP contribution in [0.4, 0.5) is 28.4 Å². The number of benzene rings is 3. The number of aromatic amines is 1. The van der Waals surface area contributed by atoms with E-state index in [1.807, 2.05) is 41.3 Å². The number of nitrogens with one attached hydrogen (secondary N) is 3. The molecule has 3 aromatic carbocycles. The summed E-state index contributed by atoms with van der Waals surface area (Å²) in [5, 5.41) is 17.1. The van der Waals surface area contributed by atoms with Crippen molar-refractivity contribution in [1.82, 2.24) is 19.6 Å². The van der Waals surface area contributed by atoms with Gasteiger partial charge in [-0.15, -0.1) is 0 Å². The molecule has 1 spiro atoms. The molecule has 0 unspecified atom stereocenters. The number of anilines is 4. The lowest BCUT2D eigenvalue weighted by Gasteiger charge is -2.39. The van der Waals surface area contributed by atoms with Crippen LogP contribution in [-0.4, -0.2) is 106 Å². The SMILES string of the molecule is CC1(C)CCC(CN2CCN(c3ccc(C(=O)NS(=O)(=O)c4ccc(NCC5CCC6(CC5)OCCO6)c([N+](=O)[O-])c4)c(N4CCOc5nc6[nH]ccc6cc54)c3)CC2)=C(c2ccc(Cl)cc2)C1. The van der Waals surface area contributed by atoms with Crippen LogP contribution in [0.1, 0.15) is 74.7 Å². The minimum atomic E-state index is -4.58. The normalized spacial score (nSPS) is 19.8. The second kappa shape index (κ2) is 18.6.